The number of halogens is 3. The molecule has 0 spiro atoms. The number of carbonyl (C=O) groups excluding carboxylic acids is 6. The van der Waals surface area contributed by atoms with Gasteiger partial charge in [-0.3, -0.25) is 24.0 Å². The summed E-state index contributed by atoms with van der Waals surface area (Å²) in [4.78, 5) is 73.9. The highest BCUT2D eigenvalue weighted by Crippen LogP contribution is 2.73. The highest BCUT2D eigenvalue weighted by atomic mass is 35.5. The number of rotatable bonds is 7. The second-order valence-corrected chi connectivity index (χ2v) is 22.3. The number of furan rings is 1. The number of allylic oxidation sites excluding steroid dienone is 8. The van der Waals surface area contributed by atoms with Gasteiger partial charge in [-0.25, -0.2) is 9.18 Å². The maximum absolute atomic E-state index is 17.0. The van der Waals surface area contributed by atoms with E-state index in [1.165, 1.54) is 37.5 Å². The molecule has 3 N–H and O–H groups in total. The minimum atomic E-state index is -2.01. The van der Waals surface area contributed by atoms with Crippen molar-refractivity contribution in [3.63, 3.8) is 0 Å². The summed E-state index contributed by atoms with van der Waals surface area (Å²) in [6, 6.07) is 3.07. The van der Waals surface area contributed by atoms with Crippen LogP contribution in [0, 0.1) is 57.2 Å². The van der Waals surface area contributed by atoms with Crippen LogP contribution in [0.15, 0.2) is 70.4 Å². The molecule has 358 valence electrons. The van der Waals surface area contributed by atoms with Gasteiger partial charge in [-0.1, -0.05) is 57.9 Å². The molecule has 1 unspecified atom stereocenters. The number of aliphatic hydroxyl groups is 3. The normalized spacial score (nSPS) is 46.1. The van der Waals surface area contributed by atoms with Gasteiger partial charge in [0.05, 0.1) is 29.2 Å². The molecule has 0 aliphatic heterocycles. The fourth-order valence-electron chi connectivity index (χ4n) is 15.5. The molecule has 6 saturated carbocycles. The topological polar surface area (TPSA) is 195 Å². The lowest BCUT2D eigenvalue weighted by atomic mass is 9.44. The molecular weight excluding hydrogens is 894 g/mol. The van der Waals surface area contributed by atoms with Gasteiger partial charge < -0.3 is 29.2 Å². The van der Waals surface area contributed by atoms with Crippen LogP contribution in [-0.2, 0) is 33.4 Å². The Bertz CT molecular complexity index is 2380. The van der Waals surface area contributed by atoms with Crippen LogP contribution in [0.2, 0.25) is 0 Å². The summed E-state index contributed by atoms with van der Waals surface area (Å²) in [5, 5.41) is 34.7. The standard InChI is InChI=1S/C27H30Cl2O6.C24H31FO6/c1-15-11-19-18-7-6-16-12-17(30)8-9-24(16,2)26(18,29)21(31)13-25(19,3)27(15,22(32)14-28)35-23(33)20-5-4-10-34-20;1-13-9-18-17-6-5-15-10-16(27)7-8-21(15,3)23(17,25)19(28)11-22(18,4)24(13,30)20(29)12-31-14(2)26/h4-5,8-10,12,15,18-19,21,31H,6-7,11,13-14H2,1-3H3;7-8,10,13,17-19,28,30H,5-6,9,11-12H2,1-4H3/t15-,18+,19+,21+,24+,25+,26+,27+;13-,17+,18+,19?,21+,22+,23+,24+/m11/s1. The van der Waals surface area contributed by atoms with Crippen LogP contribution >= 0.6 is 23.2 Å². The summed E-state index contributed by atoms with van der Waals surface area (Å²) in [6.07, 6.45) is 11.7. The molecule has 6 fully saturated rings. The van der Waals surface area contributed by atoms with Crippen LogP contribution in [0.1, 0.15) is 110 Å². The van der Waals surface area contributed by atoms with Crippen LogP contribution in [0.3, 0.4) is 0 Å². The molecule has 0 amide bonds. The fourth-order valence-corrected chi connectivity index (χ4v) is 16.2. The molecule has 1 heterocycles. The second-order valence-electron chi connectivity index (χ2n) is 21.4. The number of hydrogen-bond acceptors (Lipinski definition) is 12. The van der Waals surface area contributed by atoms with E-state index in [1.54, 1.807) is 39.0 Å². The van der Waals surface area contributed by atoms with Crippen molar-refractivity contribution in [1.29, 1.82) is 0 Å². The zero-order valence-corrected chi connectivity index (χ0v) is 40.0. The maximum atomic E-state index is 17.0. The van der Waals surface area contributed by atoms with E-state index in [0.29, 0.717) is 44.1 Å². The zero-order valence-electron chi connectivity index (χ0n) is 38.5. The molecule has 66 heavy (non-hydrogen) atoms. The Morgan fingerprint density at radius 2 is 1.38 bits per heavy atom. The first-order chi connectivity index (χ1) is 30.8. The quantitative estimate of drug-likeness (QED) is 0.182. The van der Waals surface area contributed by atoms with Gasteiger partial charge in [0, 0.05) is 40.4 Å². The summed E-state index contributed by atoms with van der Waals surface area (Å²) in [5.74, 6) is -4.93. The number of Topliss-reactive ketones (excluding diaryl/α,β-unsaturated/α-hetero) is 2. The second kappa shape index (κ2) is 16.2. The fraction of sp³-hybridized carbons (Fsp3) is 0.647. The number of ether oxygens (including phenoxy) is 2. The van der Waals surface area contributed by atoms with Gasteiger partial charge in [-0.2, -0.15) is 0 Å². The van der Waals surface area contributed by atoms with E-state index in [4.69, 9.17) is 37.1 Å². The number of carbonyl (C=O) groups is 6. The average Bonchev–Trinajstić information content (AvgIpc) is 3.93. The van der Waals surface area contributed by atoms with Gasteiger partial charge in [-0.05, 0) is 118 Å². The summed E-state index contributed by atoms with van der Waals surface area (Å²) in [6.45, 7) is 11.7. The Hall–Kier alpha value is -3.75. The lowest BCUT2D eigenvalue weighted by molar-refractivity contribution is -0.219. The first-order valence-electron chi connectivity index (χ1n) is 23.2. The lowest BCUT2D eigenvalue weighted by Crippen LogP contribution is -2.69. The molecular formula is C51H61Cl2FO12. The van der Waals surface area contributed by atoms with E-state index in [1.807, 2.05) is 26.8 Å². The molecule has 16 atom stereocenters. The molecule has 0 radical (unpaired) electrons. The van der Waals surface area contributed by atoms with E-state index >= 15 is 4.39 Å². The maximum Gasteiger partial charge on any atom is 0.375 e. The Labute approximate surface area is 394 Å². The molecule has 8 aliphatic carbocycles. The summed E-state index contributed by atoms with van der Waals surface area (Å²) >= 11 is 13.6. The molecule has 8 aliphatic rings. The summed E-state index contributed by atoms with van der Waals surface area (Å²) in [7, 11) is 0. The van der Waals surface area contributed by atoms with Crippen molar-refractivity contribution in [1.82, 2.24) is 0 Å². The lowest BCUT2D eigenvalue weighted by Gasteiger charge is -2.64. The van der Waals surface area contributed by atoms with E-state index in [9.17, 15) is 44.1 Å². The molecule has 15 heteroatoms. The smallest absolute Gasteiger partial charge is 0.375 e. The average molecular weight is 956 g/mol. The number of ketones is 4. The molecule has 0 aromatic carbocycles. The third-order valence-electron chi connectivity index (χ3n) is 18.7. The molecule has 0 saturated heterocycles. The van der Waals surface area contributed by atoms with Gasteiger partial charge >= 0.3 is 11.9 Å². The molecule has 1 aromatic rings. The highest BCUT2D eigenvalue weighted by Gasteiger charge is 2.78. The SMILES string of the molecule is CC(=O)OCC(=O)[C@@]1(O)[C@H](C)C[C@H]2[C@@H]3CCC4=CC(=O)C=C[C@]4(C)[C@@]3(F)C(O)C[C@@]21C.C[C@@H]1C[C@H]2[C@@H]3CCC4=CC(=O)C=C[C@]4(C)[C@@]3(Cl)[C@@H](O)C[C@]2(C)[C@@]1(OC(=O)c1ccco1)C(=O)CCl. The Morgan fingerprint density at radius 1 is 0.818 bits per heavy atom. The minimum absolute atomic E-state index is 0.00557. The first-order valence-corrected chi connectivity index (χ1v) is 24.1. The highest BCUT2D eigenvalue weighted by molar-refractivity contribution is 6.29. The minimum Gasteiger partial charge on any atom is -0.458 e. The molecule has 12 nitrogen and oxygen atoms in total. The number of fused-ring (bicyclic) bond motifs is 10. The van der Waals surface area contributed by atoms with Crippen LogP contribution in [-0.4, -0.2) is 96.8 Å². The van der Waals surface area contributed by atoms with Crippen molar-refractivity contribution in [2.24, 2.45) is 57.2 Å². The van der Waals surface area contributed by atoms with Gasteiger partial charge in [0.2, 0.25) is 11.5 Å². The van der Waals surface area contributed by atoms with Gasteiger partial charge in [0.15, 0.2) is 35.2 Å². The monoisotopic (exact) mass is 954 g/mol. The zero-order chi connectivity index (χ0) is 48.4. The van der Waals surface area contributed by atoms with Crippen LogP contribution < -0.4 is 0 Å². The third kappa shape index (κ3) is 6.30. The Balaban J connectivity index is 0.000000181. The van der Waals surface area contributed by atoms with E-state index in [2.05, 4.69) is 0 Å². The van der Waals surface area contributed by atoms with Gasteiger partial charge in [0.1, 0.15) is 5.60 Å². The van der Waals surface area contributed by atoms with Crippen molar-refractivity contribution < 1.29 is 62.4 Å². The number of alkyl halides is 3. The van der Waals surface area contributed by atoms with E-state index in [-0.39, 0.29) is 65.5 Å². The van der Waals surface area contributed by atoms with E-state index in [0.717, 1.165) is 5.57 Å². The van der Waals surface area contributed by atoms with Crippen molar-refractivity contribution >= 4 is 58.3 Å². The molecule has 9 rings (SSSR count). The Kier molecular flexibility index (Phi) is 11.9. The molecule has 1 aromatic heterocycles. The van der Waals surface area contributed by atoms with Crippen molar-refractivity contribution in [3.8, 4) is 0 Å². The summed E-state index contributed by atoms with van der Waals surface area (Å²) < 4.78 is 33.2. The first kappa shape index (κ1) is 48.7. The van der Waals surface area contributed by atoms with Crippen LogP contribution in [0.4, 0.5) is 4.39 Å². The van der Waals surface area contributed by atoms with Crippen molar-refractivity contribution in [3.05, 3.63) is 71.8 Å². The predicted octanol–water partition coefficient (Wildman–Crippen LogP) is 7.34. The number of esters is 2. The predicted molar refractivity (Wildman–Crippen MR) is 240 cm³/mol. The molecule has 0 bridgehead atoms. The van der Waals surface area contributed by atoms with Crippen molar-refractivity contribution in [2.45, 2.75) is 134 Å². The number of aliphatic hydroxyl groups excluding tert-OH is 2. The summed E-state index contributed by atoms with van der Waals surface area (Å²) in [5.41, 5.74) is -7.53. The van der Waals surface area contributed by atoms with E-state index < -0.39 is 91.8 Å². The van der Waals surface area contributed by atoms with Crippen LogP contribution in [0.5, 0.6) is 0 Å². The number of hydrogen-bond donors (Lipinski definition) is 3. The van der Waals surface area contributed by atoms with Gasteiger partial charge in [-0.15, -0.1) is 23.2 Å². The van der Waals surface area contributed by atoms with Gasteiger partial charge in [0.25, 0.3) is 0 Å². The van der Waals surface area contributed by atoms with Crippen molar-refractivity contribution in [2.75, 3.05) is 12.5 Å². The van der Waals surface area contributed by atoms with Crippen LogP contribution in [0.25, 0.3) is 0 Å². The third-order valence-corrected chi connectivity index (χ3v) is 19.9. The largest absolute Gasteiger partial charge is 0.458 e. The Morgan fingerprint density at radius 3 is 1.97 bits per heavy atom.